The standard InChI is InChI=1S/C14H22N4O2S2/c1-8-12(21-7-10(15)19)22-13(17-8)18-11(20)9-5-3-4-6-14(9,2)16/h9H,3-7,16H2,1-2H3,(H2,15,19)(H,17,18,20). The zero-order valence-corrected chi connectivity index (χ0v) is 14.5. The average Bonchev–Trinajstić information content (AvgIpc) is 2.75. The van der Waals surface area contributed by atoms with Gasteiger partial charge in [-0.3, -0.25) is 9.59 Å². The zero-order valence-electron chi connectivity index (χ0n) is 12.8. The van der Waals surface area contributed by atoms with Crippen LogP contribution in [0, 0.1) is 12.8 Å². The molecule has 1 aromatic rings. The fourth-order valence-electron chi connectivity index (χ4n) is 2.69. The van der Waals surface area contributed by atoms with Crippen LogP contribution in [-0.4, -0.2) is 28.1 Å². The molecule has 1 aromatic heterocycles. The third kappa shape index (κ3) is 4.21. The third-order valence-electron chi connectivity index (χ3n) is 3.90. The largest absolute Gasteiger partial charge is 0.369 e. The lowest BCUT2D eigenvalue weighted by Crippen LogP contribution is -2.51. The molecule has 0 spiro atoms. The number of hydrogen-bond acceptors (Lipinski definition) is 6. The molecular weight excluding hydrogens is 320 g/mol. The number of carbonyl (C=O) groups is 2. The number of nitrogens with one attached hydrogen (secondary N) is 1. The highest BCUT2D eigenvalue weighted by Gasteiger charge is 2.38. The number of anilines is 1. The lowest BCUT2D eigenvalue weighted by atomic mass is 9.74. The normalized spacial score (nSPS) is 25.0. The molecule has 1 saturated carbocycles. The van der Waals surface area contributed by atoms with Gasteiger partial charge in [0.2, 0.25) is 11.8 Å². The van der Waals surface area contributed by atoms with E-state index in [1.54, 1.807) is 0 Å². The number of thioether (sulfide) groups is 1. The molecule has 2 unspecified atom stereocenters. The highest BCUT2D eigenvalue weighted by Crippen LogP contribution is 2.35. The smallest absolute Gasteiger partial charge is 0.231 e. The van der Waals surface area contributed by atoms with Gasteiger partial charge in [-0.25, -0.2) is 4.98 Å². The van der Waals surface area contributed by atoms with E-state index in [9.17, 15) is 9.59 Å². The SMILES string of the molecule is Cc1nc(NC(=O)C2CCCCC2(C)N)sc1SCC(N)=O. The van der Waals surface area contributed by atoms with Crippen molar-refractivity contribution in [3.8, 4) is 0 Å². The number of hydrogen-bond donors (Lipinski definition) is 3. The van der Waals surface area contributed by atoms with Crippen molar-refractivity contribution in [2.45, 2.75) is 49.3 Å². The van der Waals surface area contributed by atoms with Crippen LogP contribution in [0.3, 0.4) is 0 Å². The Kier molecular flexibility index (Phi) is 5.46. The lowest BCUT2D eigenvalue weighted by Gasteiger charge is -2.36. The molecule has 0 bridgehead atoms. The maximum Gasteiger partial charge on any atom is 0.231 e. The molecule has 1 aliphatic carbocycles. The molecule has 22 heavy (non-hydrogen) atoms. The van der Waals surface area contributed by atoms with E-state index in [0.29, 0.717) is 5.13 Å². The van der Waals surface area contributed by atoms with Crippen molar-refractivity contribution in [2.24, 2.45) is 17.4 Å². The van der Waals surface area contributed by atoms with E-state index in [1.807, 2.05) is 13.8 Å². The summed E-state index contributed by atoms with van der Waals surface area (Å²) in [4.78, 5) is 27.7. The van der Waals surface area contributed by atoms with E-state index in [0.717, 1.165) is 35.6 Å². The van der Waals surface area contributed by atoms with Crippen LogP contribution in [0.25, 0.3) is 0 Å². The van der Waals surface area contributed by atoms with E-state index in [-0.39, 0.29) is 23.5 Å². The van der Waals surface area contributed by atoms with Gasteiger partial charge in [0.05, 0.1) is 21.6 Å². The first-order chi connectivity index (χ1) is 10.3. The second-order valence-corrected chi connectivity index (χ2v) is 8.18. The maximum atomic E-state index is 12.5. The molecule has 0 saturated heterocycles. The summed E-state index contributed by atoms with van der Waals surface area (Å²) in [6.07, 6.45) is 3.77. The predicted molar refractivity (Wildman–Crippen MR) is 89.9 cm³/mol. The van der Waals surface area contributed by atoms with Gasteiger partial charge in [0, 0.05) is 5.54 Å². The minimum absolute atomic E-state index is 0.0649. The number of rotatable bonds is 5. The third-order valence-corrected chi connectivity index (χ3v) is 6.36. The molecule has 122 valence electrons. The summed E-state index contributed by atoms with van der Waals surface area (Å²) in [5, 5.41) is 3.43. The monoisotopic (exact) mass is 342 g/mol. The molecule has 1 aliphatic rings. The van der Waals surface area contributed by atoms with Crippen LogP contribution in [0.4, 0.5) is 5.13 Å². The van der Waals surface area contributed by atoms with Gasteiger partial charge < -0.3 is 16.8 Å². The van der Waals surface area contributed by atoms with Gasteiger partial charge in [-0.05, 0) is 26.7 Å². The van der Waals surface area contributed by atoms with Crippen LogP contribution in [-0.2, 0) is 9.59 Å². The number of nitrogens with two attached hydrogens (primary N) is 2. The molecule has 6 nitrogen and oxygen atoms in total. The minimum Gasteiger partial charge on any atom is -0.369 e. The van der Waals surface area contributed by atoms with E-state index in [1.165, 1.54) is 23.1 Å². The van der Waals surface area contributed by atoms with Gasteiger partial charge >= 0.3 is 0 Å². The van der Waals surface area contributed by atoms with Crippen molar-refractivity contribution in [3.63, 3.8) is 0 Å². The Balaban J connectivity index is 2.02. The molecule has 0 aliphatic heterocycles. The van der Waals surface area contributed by atoms with Crippen LogP contribution in [0.1, 0.15) is 38.3 Å². The van der Waals surface area contributed by atoms with E-state index < -0.39 is 5.54 Å². The summed E-state index contributed by atoms with van der Waals surface area (Å²) in [6, 6.07) is 0. The molecular formula is C14H22N4O2S2. The Morgan fingerprint density at radius 1 is 1.50 bits per heavy atom. The van der Waals surface area contributed by atoms with Crippen LogP contribution >= 0.6 is 23.1 Å². The summed E-state index contributed by atoms with van der Waals surface area (Å²) in [5.41, 5.74) is 11.7. The van der Waals surface area contributed by atoms with Crippen LogP contribution in [0.2, 0.25) is 0 Å². The van der Waals surface area contributed by atoms with Crippen molar-refractivity contribution in [1.82, 2.24) is 4.98 Å². The van der Waals surface area contributed by atoms with Gasteiger partial charge in [-0.15, -0.1) is 11.8 Å². The minimum atomic E-state index is -0.460. The van der Waals surface area contributed by atoms with Crippen molar-refractivity contribution < 1.29 is 9.59 Å². The number of aromatic nitrogens is 1. The summed E-state index contributed by atoms with van der Waals surface area (Å²) >= 11 is 2.71. The molecule has 0 aromatic carbocycles. The van der Waals surface area contributed by atoms with Crippen molar-refractivity contribution in [3.05, 3.63) is 5.69 Å². The predicted octanol–water partition coefficient (Wildman–Crippen LogP) is 1.88. The maximum absolute atomic E-state index is 12.5. The molecule has 1 heterocycles. The quantitative estimate of drug-likeness (QED) is 0.707. The highest BCUT2D eigenvalue weighted by molar-refractivity contribution is 8.01. The zero-order chi connectivity index (χ0) is 16.3. The molecule has 1 fully saturated rings. The number of nitrogens with zero attached hydrogens (tertiary/aromatic N) is 1. The Morgan fingerprint density at radius 2 is 2.23 bits per heavy atom. The Bertz CT molecular complexity index is 571. The first-order valence-electron chi connectivity index (χ1n) is 7.28. The van der Waals surface area contributed by atoms with Gasteiger partial charge in [0.25, 0.3) is 0 Å². The van der Waals surface area contributed by atoms with E-state index >= 15 is 0 Å². The van der Waals surface area contributed by atoms with Gasteiger partial charge in [0.1, 0.15) is 0 Å². The molecule has 2 amide bonds. The highest BCUT2D eigenvalue weighted by atomic mass is 32.2. The fourth-order valence-corrected chi connectivity index (χ4v) is 4.57. The van der Waals surface area contributed by atoms with Crippen LogP contribution < -0.4 is 16.8 Å². The molecule has 2 rings (SSSR count). The van der Waals surface area contributed by atoms with Crippen molar-refractivity contribution in [1.29, 1.82) is 0 Å². The molecule has 2 atom stereocenters. The molecule has 8 heteroatoms. The second-order valence-electron chi connectivity index (χ2n) is 5.94. The molecule has 5 N–H and O–H groups in total. The fraction of sp³-hybridized carbons (Fsp3) is 0.643. The Hall–Kier alpha value is -1.12. The van der Waals surface area contributed by atoms with Gasteiger partial charge in [-0.1, -0.05) is 24.2 Å². The topological polar surface area (TPSA) is 111 Å². The summed E-state index contributed by atoms with van der Waals surface area (Å²) in [5.74, 6) is -0.415. The summed E-state index contributed by atoms with van der Waals surface area (Å²) < 4.78 is 0.897. The number of primary amides is 1. The van der Waals surface area contributed by atoms with Crippen molar-refractivity contribution >= 4 is 40.0 Å². The summed E-state index contributed by atoms with van der Waals surface area (Å²) in [6.45, 7) is 3.79. The van der Waals surface area contributed by atoms with Crippen LogP contribution in [0.15, 0.2) is 4.21 Å². The molecule has 0 radical (unpaired) electrons. The van der Waals surface area contributed by atoms with Gasteiger partial charge in [0.15, 0.2) is 5.13 Å². The lowest BCUT2D eigenvalue weighted by molar-refractivity contribution is -0.122. The average molecular weight is 342 g/mol. The van der Waals surface area contributed by atoms with Gasteiger partial charge in [-0.2, -0.15) is 0 Å². The number of amides is 2. The number of aryl methyl sites for hydroxylation is 1. The number of thiazole rings is 1. The first kappa shape index (κ1) is 17.2. The number of carbonyl (C=O) groups excluding carboxylic acids is 2. The second kappa shape index (κ2) is 6.97. The van der Waals surface area contributed by atoms with E-state index in [4.69, 9.17) is 11.5 Å². The Morgan fingerprint density at radius 3 is 2.86 bits per heavy atom. The summed E-state index contributed by atoms with van der Waals surface area (Å²) in [7, 11) is 0. The van der Waals surface area contributed by atoms with Crippen LogP contribution in [0.5, 0.6) is 0 Å². The van der Waals surface area contributed by atoms with E-state index in [2.05, 4.69) is 10.3 Å². The van der Waals surface area contributed by atoms with Crippen molar-refractivity contribution in [2.75, 3.05) is 11.1 Å². The first-order valence-corrected chi connectivity index (χ1v) is 9.08. The Labute approximate surface area is 138 Å².